The fourth-order valence-electron chi connectivity index (χ4n) is 4.40. The van der Waals surface area contributed by atoms with Crippen LogP contribution in [-0.4, -0.2) is 47.1 Å². The van der Waals surface area contributed by atoms with Crippen LogP contribution in [0, 0.1) is 11.8 Å². The van der Waals surface area contributed by atoms with E-state index in [1.54, 1.807) is 12.4 Å². The van der Waals surface area contributed by atoms with E-state index in [1.165, 1.54) is 38.8 Å². The molecule has 3 fully saturated rings. The molecule has 1 aromatic heterocycles. The predicted octanol–water partition coefficient (Wildman–Crippen LogP) is 1.79. The van der Waals surface area contributed by atoms with Crippen LogP contribution in [0.4, 0.5) is 5.82 Å². The van der Waals surface area contributed by atoms with Gasteiger partial charge in [-0.05, 0) is 31.1 Å². The zero-order valence-electron chi connectivity index (χ0n) is 11.4. The molecule has 3 aliphatic rings. The van der Waals surface area contributed by atoms with Crippen molar-refractivity contribution in [1.29, 1.82) is 0 Å². The Hall–Kier alpha value is -1.16. The summed E-state index contributed by atoms with van der Waals surface area (Å²) in [6, 6.07) is 0.891. The highest BCUT2D eigenvalue weighted by Gasteiger charge is 2.42. The zero-order valence-corrected chi connectivity index (χ0v) is 11.4. The van der Waals surface area contributed by atoms with Gasteiger partial charge in [-0.15, -0.1) is 0 Å². The monoisotopic (exact) mass is 258 g/mol. The van der Waals surface area contributed by atoms with Crippen molar-refractivity contribution in [1.82, 2.24) is 14.9 Å². The molecule has 0 unspecified atom stereocenters. The van der Waals surface area contributed by atoms with Crippen LogP contribution in [0.25, 0.3) is 0 Å². The van der Waals surface area contributed by atoms with E-state index in [4.69, 9.17) is 0 Å². The number of hydrogen-bond acceptors (Lipinski definition) is 4. The average Bonchev–Trinajstić information content (AvgIpc) is 3.11. The molecule has 0 radical (unpaired) electrons. The molecule has 3 atom stereocenters. The normalized spacial score (nSPS) is 34.9. The first-order valence-corrected chi connectivity index (χ1v) is 7.65. The van der Waals surface area contributed by atoms with Crippen LogP contribution in [0.5, 0.6) is 0 Å². The molecule has 2 saturated carbocycles. The Balaban J connectivity index is 1.38. The van der Waals surface area contributed by atoms with Crippen molar-refractivity contribution < 1.29 is 0 Å². The van der Waals surface area contributed by atoms with Gasteiger partial charge in [-0.1, -0.05) is 6.42 Å². The first kappa shape index (κ1) is 11.6. The van der Waals surface area contributed by atoms with Crippen molar-refractivity contribution in [3.63, 3.8) is 0 Å². The molecule has 0 aromatic carbocycles. The SMILES string of the molecule is c1cnc(N2CCN([C@H]3C[C@H]4CC[C@H]3C4)CC2)cn1. The highest BCUT2D eigenvalue weighted by atomic mass is 15.3. The largest absolute Gasteiger partial charge is 0.353 e. The topological polar surface area (TPSA) is 32.3 Å². The van der Waals surface area contributed by atoms with Gasteiger partial charge < -0.3 is 4.90 Å². The first-order chi connectivity index (χ1) is 9.40. The van der Waals surface area contributed by atoms with Gasteiger partial charge in [0.1, 0.15) is 5.82 Å². The lowest BCUT2D eigenvalue weighted by molar-refractivity contribution is 0.134. The van der Waals surface area contributed by atoms with Gasteiger partial charge in [-0.2, -0.15) is 0 Å². The van der Waals surface area contributed by atoms with Crippen molar-refractivity contribution in [2.24, 2.45) is 11.8 Å². The van der Waals surface area contributed by atoms with Gasteiger partial charge in [-0.25, -0.2) is 4.98 Å². The van der Waals surface area contributed by atoms with Gasteiger partial charge in [0.05, 0.1) is 6.20 Å². The smallest absolute Gasteiger partial charge is 0.147 e. The molecule has 2 aliphatic carbocycles. The second-order valence-electron chi connectivity index (χ2n) is 6.33. The number of piperazine rings is 1. The van der Waals surface area contributed by atoms with Crippen LogP contribution in [0.15, 0.2) is 18.6 Å². The molecule has 0 N–H and O–H groups in total. The predicted molar refractivity (Wildman–Crippen MR) is 75.1 cm³/mol. The minimum Gasteiger partial charge on any atom is -0.353 e. The molecule has 1 aliphatic heterocycles. The van der Waals surface area contributed by atoms with E-state index in [1.807, 2.05) is 6.20 Å². The van der Waals surface area contributed by atoms with E-state index >= 15 is 0 Å². The van der Waals surface area contributed by atoms with Crippen LogP contribution in [0.1, 0.15) is 25.7 Å². The third-order valence-electron chi connectivity index (χ3n) is 5.36. The molecular formula is C15H22N4. The standard InChI is InChI=1S/C15H22N4/c1-2-13-9-12(1)10-14(13)18-5-7-19(8-6-18)15-11-16-3-4-17-15/h3-4,11-14H,1-2,5-10H2/t12-,13-,14-/m0/s1. The Morgan fingerprint density at radius 1 is 1.00 bits per heavy atom. The molecule has 4 heteroatoms. The molecule has 102 valence electrons. The highest BCUT2D eigenvalue weighted by Crippen LogP contribution is 2.46. The van der Waals surface area contributed by atoms with Crippen molar-refractivity contribution in [3.8, 4) is 0 Å². The summed E-state index contributed by atoms with van der Waals surface area (Å²) in [7, 11) is 0. The minimum absolute atomic E-state index is 0.891. The summed E-state index contributed by atoms with van der Waals surface area (Å²) < 4.78 is 0. The van der Waals surface area contributed by atoms with E-state index in [-0.39, 0.29) is 0 Å². The van der Waals surface area contributed by atoms with Crippen molar-refractivity contribution >= 4 is 5.82 Å². The van der Waals surface area contributed by atoms with Gasteiger partial charge in [0.2, 0.25) is 0 Å². The Kier molecular flexibility index (Phi) is 2.91. The summed E-state index contributed by atoms with van der Waals surface area (Å²) in [5, 5.41) is 0. The second-order valence-corrected chi connectivity index (χ2v) is 6.33. The average molecular weight is 258 g/mol. The number of rotatable bonds is 2. The molecule has 0 spiro atoms. The molecule has 19 heavy (non-hydrogen) atoms. The Bertz CT molecular complexity index is 427. The summed E-state index contributed by atoms with van der Waals surface area (Å²) in [5.41, 5.74) is 0. The van der Waals surface area contributed by atoms with Crippen molar-refractivity contribution in [3.05, 3.63) is 18.6 Å². The quantitative estimate of drug-likeness (QED) is 0.809. The minimum atomic E-state index is 0.891. The van der Waals surface area contributed by atoms with E-state index in [9.17, 15) is 0 Å². The summed E-state index contributed by atoms with van der Waals surface area (Å²) >= 11 is 0. The summed E-state index contributed by atoms with van der Waals surface area (Å²) in [6.45, 7) is 4.61. The zero-order chi connectivity index (χ0) is 12.7. The van der Waals surface area contributed by atoms with Crippen LogP contribution in [0.3, 0.4) is 0 Å². The number of nitrogens with zero attached hydrogens (tertiary/aromatic N) is 4. The van der Waals surface area contributed by atoms with Crippen LogP contribution in [0.2, 0.25) is 0 Å². The lowest BCUT2D eigenvalue weighted by atomic mass is 9.93. The van der Waals surface area contributed by atoms with Gasteiger partial charge in [0.25, 0.3) is 0 Å². The Morgan fingerprint density at radius 2 is 1.89 bits per heavy atom. The van der Waals surface area contributed by atoms with E-state index in [2.05, 4.69) is 19.8 Å². The third kappa shape index (κ3) is 2.12. The van der Waals surface area contributed by atoms with E-state index in [0.29, 0.717) is 0 Å². The first-order valence-electron chi connectivity index (χ1n) is 7.65. The molecule has 4 nitrogen and oxygen atoms in total. The lowest BCUT2D eigenvalue weighted by Gasteiger charge is -2.41. The number of fused-ring (bicyclic) bond motifs is 2. The van der Waals surface area contributed by atoms with E-state index in [0.717, 1.165) is 36.8 Å². The number of anilines is 1. The summed E-state index contributed by atoms with van der Waals surface area (Å²) in [4.78, 5) is 13.7. The van der Waals surface area contributed by atoms with Gasteiger partial charge >= 0.3 is 0 Å². The van der Waals surface area contributed by atoms with Gasteiger partial charge in [0, 0.05) is 44.6 Å². The van der Waals surface area contributed by atoms with Crippen LogP contribution >= 0.6 is 0 Å². The van der Waals surface area contributed by atoms with Gasteiger partial charge in [0.15, 0.2) is 0 Å². The Morgan fingerprint density at radius 3 is 2.53 bits per heavy atom. The third-order valence-corrected chi connectivity index (χ3v) is 5.36. The molecule has 0 amide bonds. The summed E-state index contributed by atoms with van der Waals surface area (Å²) in [6.07, 6.45) is 11.4. The van der Waals surface area contributed by atoms with Gasteiger partial charge in [-0.3, -0.25) is 9.88 Å². The fraction of sp³-hybridized carbons (Fsp3) is 0.733. The molecule has 2 heterocycles. The Labute approximate surface area is 114 Å². The van der Waals surface area contributed by atoms with Crippen molar-refractivity contribution in [2.75, 3.05) is 31.1 Å². The second kappa shape index (κ2) is 4.75. The number of hydrogen-bond donors (Lipinski definition) is 0. The van der Waals surface area contributed by atoms with Crippen LogP contribution < -0.4 is 4.90 Å². The fourth-order valence-corrected chi connectivity index (χ4v) is 4.40. The maximum absolute atomic E-state index is 4.41. The van der Waals surface area contributed by atoms with E-state index < -0.39 is 0 Å². The molecule has 1 saturated heterocycles. The van der Waals surface area contributed by atoms with Crippen molar-refractivity contribution in [2.45, 2.75) is 31.7 Å². The summed E-state index contributed by atoms with van der Waals surface area (Å²) in [5.74, 6) is 3.09. The molecular weight excluding hydrogens is 236 g/mol. The molecule has 2 bridgehead atoms. The molecule has 4 rings (SSSR count). The maximum atomic E-state index is 4.41. The maximum Gasteiger partial charge on any atom is 0.147 e. The lowest BCUT2D eigenvalue weighted by Crippen LogP contribution is -2.52. The number of aromatic nitrogens is 2. The molecule has 1 aromatic rings. The van der Waals surface area contributed by atoms with Crippen LogP contribution in [-0.2, 0) is 0 Å². The highest BCUT2D eigenvalue weighted by molar-refractivity contribution is 5.35.